The molecule has 0 aromatic rings. The highest BCUT2D eigenvalue weighted by Crippen LogP contribution is 2.45. The number of unbranched alkanes of at least 4 members (excludes halogenated alkanes) is 1. The fourth-order valence-corrected chi connectivity index (χ4v) is 21.3. The molecule has 46 heteroatoms. The van der Waals surface area contributed by atoms with Gasteiger partial charge in [-0.2, -0.15) is 0 Å². The zero-order chi connectivity index (χ0) is 111. The van der Waals surface area contributed by atoms with Crippen molar-refractivity contribution in [3.63, 3.8) is 0 Å². The van der Waals surface area contributed by atoms with Gasteiger partial charge in [0, 0.05) is 88.0 Å². The number of carbonyl (C=O) groups excluding carboxylic acids is 3. The summed E-state index contributed by atoms with van der Waals surface area (Å²) in [5, 5.41) is 285. The summed E-state index contributed by atoms with van der Waals surface area (Å²) in [6.07, 6.45) is -59.7. The van der Waals surface area contributed by atoms with Crippen LogP contribution in [0.3, 0.4) is 0 Å². The minimum Gasteiger partial charge on any atom is -0.461 e. The van der Waals surface area contributed by atoms with E-state index in [2.05, 4.69) is 10.6 Å². The summed E-state index contributed by atoms with van der Waals surface area (Å²) in [7, 11) is 0. The maximum absolute atomic E-state index is 14.3. The summed E-state index contributed by atoms with van der Waals surface area (Å²) in [5.74, 6) is -10.9. The predicted octanol–water partition coefficient (Wildman–Crippen LogP) is -2.65. The van der Waals surface area contributed by atoms with Crippen molar-refractivity contribution in [2.24, 2.45) is 53.1 Å². The van der Waals surface area contributed by atoms with Gasteiger partial charge in [0.05, 0.1) is 153 Å². The summed E-state index contributed by atoms with van der Waals surface area (Å²) in [5.41, 5.74) is 5.43. The first kappa shape index (κ1) is 128. The van der Waals surface area contributed by atoms with E-state index in [1.807, 2.05) is 27.7 Å². The maximum Gasteiger partial charge on any atom is 0.311 e. The molecule has 28 N–H and O–H groups in total. The van der Waals surface area contributed by atoms with Crippen LogP contribution in [0, 0.1) is 47.3 Å². The highest BCUT2D eigenvalue weighted by molar-refractivity contribution is 5.74. The van der Waals surface area contributed by atoms with E-state index in [9.17, 15) is 137 Å². The van der Waals surface area contributed by atoms with E-state index in [4.69, 9.17) is 81.5 Å². The van der Waals surface area contributed by atoms with Gasteiger partial charge in [-0.3, -0.25) is 14.4 Å². The molecule has 0 radical (unpaired) electrons. The van der Waals surface area contributed by atoms with Gasteiger partial charge in [0.2, 0.25) is 11.8 Å². The molecule has 0 spiro atoms. The molecule has 2 bridgehead atoms. The zero-order valence-electron chi connectivity index (χ0n) is 89.2. The molecular weight excluding hydrogens is 1970 g/mol. The Morgan fingerprint density at radius 2 is 1.01 bits per heavy atom. The molecular formula is C103H181N3O43. The number of carbonyl (C=O) groups is 3. The number of hydrogen-bond donors (Lipinski definition) is 27. The zero-order valence-corrected chi connectivity index (χ0v) is 89.2. The number of allylic oxidation sites excluding steroid dienone is 2. The van der Waals surface area contributed by atoms with Crippen LogP contribution in [0.1, 0.15) is 240 Å². The molecule has 8 fully saturated rings. The molecule has 57 atom stereocenters. The van der Waals surface area contributed by atoms with Gasteiger partial charge >= 0.3 is 5.97 Å². The topological polar surface area (TPSA) is 734 Å². The van der Waals surface area contributed by atoms with Gasteiger partial charge in [0.15, 0.2) is 49.8 Å². The normalized spacial score (nSPS) is 46.4. The van der Waals surface area contributed by atoms with E-state index in [0.29, 0.717) is 32.1 Å². The lowest BCUT2D eigenvalue weighted by Crippen LogP contribution is -2.68. The number of ether oxygens (including phenoxy) is 16. The van der Waals surface area contributed by atoms with Gasteiger partial charge < -0.3 is 215 Å². The number of amides is 2. The van der Waals surface area contributed by atoms with Crippen LogP contribution in [0.4, 0.5) is 0 Å². The molecule has 9 rings (SSSR count). The van der Waals surface area contributed by atoms with Gasteiger partial charge in [0.25, 0.3) is 0 Å². The Hall–Kier alpha value is -3.97. The van der Waals surface area contributed by atoms with E-state index in [1.165, 1.54) is 93.5 Å². The fourth-order valence-electron chi connectivity index (χ4n) is 21.3. The fraction of sp³-hybridized carbons (Fsp3) is 0.913. The minimum atomic E-state index is -3.02. The van der Waals surface area contributed by atoms with Gasteiger partial charge in [-0.25, -0.2) is 0 Å². The Labute approximate surface area is 873 Å². The highest BCUT2D eigenvalue weighted by Gasteiger charge is 2.60. The molecule has 9 heterocycles. The van der Waals surface area contributed by atoms with Crippen LogP contribution in [-0.4, -0.2) is 446 Å². The molecule has 0 aromatic carbocycles. The first-order chi connectivity index (χ1) is 69.7. The third-order valence-corrected chi connectivity index (χ3v) is 31.9. The van der Waals surface area contributed by atoms with Crippen molar-refractivity contribution < 1.29 is 213 Å². The Morgan fingerprint density at radius 1 is 0.470 bits per heavy atom. The Kier molecular flexibility index (Phi) is 50.2. The van der Waals surface area contributed by atoms with Crippen molar-refractivity contribution in [2.45, 2.75) is 540 Å². The first-order valence-corrected chi connectivity index (χ1v) is 53.5. The van der Waals surface area contributed by atoms with Crippen molar-refractivity contribution in [2.75, 3.05) is 6.61 Å². The average Bonchev–Trinajstić information content (AvgIpc) is 0.762. The SMILES string of the molecule is CC(=O)N[C@@H]1C[C@H](O[C@@H]2[C@@H](O)[C@H](O[C@H]3[C@H](O[C@H]4C[C@@H](NC(C)=O)[C@H](O)[C@@H](C)O4)[C@@H](O[C@@H]4O[C@H](C)[C@@H](O)[C@H](O)[C@H]4O)[C@H](OC4CC5(O)OC(CC(O)C5O)C(C)C(O[C@@H]5O[C@H](CO)[C@@H](O)[C@H](O)[C@H]5O)CC(O)CC(O)C(C)C(O)C=CC=CC(C)C(CC(O)CCCCC(C)C(O)C(C)CCC(O)C(C)C(C)O[C@H]5C[C@](C)(N)[C@H](O)[C@H](C)O5)OC(=O)C(C)C(O)C=CCC(O)CC(O)CCC4C)O[C@@H]3C)O[C@H](C)[C@H]2O)O[C@H](C)[C@H]1O. The molecule has 46 nitrogen and oxygen atoms in total. The Morgan fingerprint density at radius 3 is 1.61 bits per heavy atom. The maximum atomic E-state index is 14.3. The van der Waals surface area contributed by atoms with E-state index >= 15 is 0 Å². The monoisotopic (exact) mass is 2150 g/mol. The summed E-state index contributed by atoms with van der Waals surface area (Å²) < 4.78 is 103. The Bertz CT molecular complexity index is 4050. The van der Waals surface area contributed by atoms with Crippen LogP contribution >= 0.6 is 0 Å². The van der Waals surface area contributed by atoms with Crippen LogP contribution in [0.5, 0.6) is 0 Å². The molecule has 9 aliphatic rings. The number of aliphatic hydroxyl groups excluding tert-OH is 23. The quantitative estimate of drug-likeness (QED) is 0.0191. The Balaban J connectivity index is 1.02. The van der Waals surface area contributed by atoms with Crippen LogP contribution < -0.4 is 16.4 Å². The first-order valence-electron chi connectivity index (χ1n) is 53.5. The van der Waals surface area contributed by atoms with Crippen molar-refractivity contribution in [1.82, 2.24) is 10.6 Å². The van der Waals surface area contributed by atoms with E-state index in [-0.39, 0.29) is 75.5 Å². The number of nitrogens with one attached hydrogen (secondary N) is 2. The number of hydrogen-bond acceptors (Lipinski definition) is 44. The smallest absolute Gasteiger partial charge is 0.311 e. The number of esters is 1. The predicted molar refractivity (Wildman–Crippen MR) is 525 cm³/mol. The standard InChI is InChI=1S/C103H181N3O43/c1-44-24-20-22-28-67(114)49(6)70(117)35-64(113)37-73(142-99-89(128)87(126)85(124)76(43-107)144-99)51(8)74-40-71(118)96(131)103(133,149-74)41-75(45(2)30-32-63(112)34-61(110)27-23-29-68(115)50(7)97(132)141-72(44)36-62(111)26-21-19-25-46(3)80(119)47(4)31-33-69(116)48(5)52(9)134-79-42-102(18,104)95(130)58(15)137-79)143-101-94(148-98-88(127)86(125)83(122)55(12)138-98)93(146-78-39-66(106-60(17)109)82(121)54(11)136-78)91(57(14)140-101)147-100-90(129)92(84(123)56(13)139-100)145-77-38-65(105-59(16)108)81(120)53(10)135-77/h20,22-24,28-29,44-58,61-96,98-101,107,110-131,133H,19,21,25-27,30-43,104H2,1-18H3,(H,105,108)(H,106,109)/t44?,45?,46?,47?,48?,49?,50?,51?,52?,53-,54-,55-,56-,57-,58+,61?,62?,63?,64?,65-,66-,67?,68?,69?,70?,71?,72?,73?,74?,75?,76-,77+,78+,79-,80?,81-,82-,83-,84-,85-,86+,87+,88-,89-,90-,91-,92+,93+,94-,95-,96?,98+,99-,100+,101+,102+,103?/m1/s1. The van der Waals surface area contributed by atoms with E-state index < -0.39 is 379 Å². The van der Waals surface area contributed by atoms with E-state index in [1.54, 1.807) is 39.8 Å². The summed E-state index contributed by atoms with van der Waals surface area (Å²) >= 11 is 0. The second kappa shape index (κ2) is 58.2. The number of rotatable bonds is 31. The molecule has 25 unspecified atom stereocenters. The molecule has 9 aliphatic heterocycles. The van der Waals surface area contributed by atoms with Gasteiger partial charge in [0.1, 0.15) is 104 Å². The molecule has 0 aromatic heterocycles. The molecule has 2 amide bonds. The molecule has 0 aliphatic carbocycles. The molecule has 866 valence electrons. The largest absolute Gasteiger partial charge is 0.461 e. The number of cyclic esters (lactones) is 1. The molecule has 149 heavy (non-hydrogen) atoms. The molecule has 0 saturated carbocycles. The lowest BCUT2D eigenvalue weighted by Gasteiger charge is -2.52. The molecule has 8 saturated heterocycles. The second-order valence-electron chi connectivity index (χ2n) is 44.5. The van der Waals surface area contributed by atoms with Gasteiger partial charge in [-0.05, 0) is 138 Å². The lowest BCUT2D eigenvalue weighted by atomic mass is 9.82. The van der Waals surface area contributed by atoms with Crippen molar-refractivity contribution in [3.8, 4) is 0 Å². The van der Waals surface area contributed by atoms with Gasteiger partial charge in [-0.1, -0.05) is 97.8 Å². The number of fused-ring (bicyclic) bond motifs is 2. The summed E-state index contributed by atoms with van der Waals surface area (Å²) in [6.45, 7) is 27.4. The van der Waals surface area contributed by atoms with E-state index in [0.717, 1.165) is 0 Å². The van der Waals surface area contributed by atoms with Crippen LogP contribution in [-0.2, 0) is 90.2 Å². The number of nitrogens with two attached hydrogens (primary N) is 1. The van der Waals surface area contributed by atoms with Crippen LogP contribution in [0.2, 0.25) is 0 Å². The van der Waals surface area contributed by atoms with Crippen molar-refractivity contribution >= 4 is 17.8 Å². The summed E-state index contributed by atoms with van der Waals surface area (Å²) in [4.78, 5) is 39.5. The van der Waals surface area contributed by atoms with Crippen molar-refractivity contribution in [1.29, 1.82) is 0 Å². The highest BCUT2D eigenvalue weighted by atomic mass is 16.8. The van der Waals surface area contributed by atoms with Gasteiger partial charge in [-0.15, -0.1) is 0 Å². The minimum absolute atomic E-state index is 0.0797. The second-order valence-corrected chi connectivity index (χ2v) is 44.5. The number of aliphatic hydroxyl groups is 24. The average molecular weight is 2150 g/mol. The third kappa shape index (κ3) is 35.3. The summed E-state index contributed by atoms with van der Waals surface area (Å²) in [6, 6.07) is -2.02. The van der Waals surface area contributed by atoms with Crippen LogP contribution in [0.25, 0.3) is 0 Å². The van der Waals surface area contributed by atoms with Crippen molar-refractivity contribution in [3.05, 3.63) is 36.5 Å². The third-order valence-electron chi connectivity index (χ3n) is 31.9. The van der Waals surface area contributed by atoms with Crippen LogP contribution in [0.15, 0.2) is 36.5 Å². The lowest BCUT2D eigenvalue weighted by molar-refractivity contribution is -0.407.